The molecule has 0 aliphatic carbocycles. The van der Waals surface area contributed by atoms with Gasteiger partial charge in [0, 0.05) is 5.38 Å². The highest BCUT2D eigenvalue weighted by atomic mass is 32.1. The van der Waals surface area contributed by atoms with Crippen molar-refractivity contribution in [2.75, 3.05) is 0 Å². The highest BCUT2D eigenvalue weighted by molar-refractivity contribution is 7.09. The smallest absolute Gasteiger partial charge is 0.0897 e. The standard InChI is InChI=1S/C9H15NOS/c1-7(11)4-3-5-9-6-12-8(2)10-9/h6-7,11H,3-5H2,1-2H3. The summed E-state index contributed by atoms with van der Waals surface area (Å²) in [7, 11) is 0. The molecule has 0 radical (unpaired) electrons. The molecule has 1 aromatic heterocycles. The molecule has 1 unspecified atom stereocenters. The summed E-state index contributed by atoms with van der Waals surface area (Å²) in [5.41, 5.74) is 1.16. The lowest BCUT2D eigenvalue weighted by molar-refractivity contribution is 0.181. The molecule has 1 heterocycles. The lowest BCUT2D eigenvalue weighted by atomic mass is 10.1. The summed E-state index contributed by atoms with van der Waals surface area (Å²) < 4.78 is 0. The number of aliphatic hydroxyl groups excluding tert-OH is 1. The van der Waals surface area contributed by atoms with E-state index in [9.17, 15) is 0 Å². The van der Waals surface area contributed by atoms with Crippen molar-refractivity contribution in [1.29, 1.82) is 0 Å². The molecule has 0 aromatic carbocycles. The molecule has 0 amide bonds. The molecule has 1 aromatic rings. The van der Waals surface area contributed by atoms with Crippen molar-refractivity contribution in [3.63, 3.8) is 0 Å². The zero-order valence-electron chi connectivity index (χ0n) is 7.58. The van der Waals surface area contributed by atoms with Gasteiger partial charge in [-0.3, -0.25) is 0 Å². The van der Waals surface area contributed by atoms with E-state index < -0.39 is 0 Å². The van der Waals surface area contributed by atoms with Gasteiger partial charge in [0.1, 0.15) is 0 Å². The van der Waals surface area contributed by atoms with Crippen LogP contribution < -0.4 is 0 Å². The van der Waals surface area contributed by atoms with Crippen LogP contribution in [0.4, 0.5) is 0 Å². The molecule has 1 N–H and O–H groups in total. The number of hydrogen-bond acceptors (Lipinski definition) is 3. The lowest BCUT2D eigenvalue weighted by Crippen LogP contribution is -1.99. The van der Waals surface area contributed by atoms with Crippen molar-refractivity contribution in [2.45, 2.75) is 39.2 Å². The molecule has 0 aliphatic rings. The average Bonchev–Trinajstić information content (AvgIpc) is 2.35. The average molecular weight is 185 g/mol. The zero-order valence-corrected chi connectivity index (χ0v) is 8.40. The third-order valence-corrected chi connectivity index (χ3v) is 2.54. The first-order valence-corrected chi connectivity index (χ1v) is 5.15. The minimum atomic E-state index is -0.176. The first-order chi connectivity index (χ1) is 5.68. The maximum absolute atomic E-state index is 9.02. The summed E-state index contributed by atoms with van der Waals surface area (Å²) in [5, 5.41) is 12.2. The molecule has 68 valence electrons. The summed E-state index contributed by atoms with van der Waals surface area (Å²) >= 11 is 1.69. The van der Waals surface area contributed by atoms with Gasteiger partial charge in [0.25, 0.3) is 0 Å². The van der Waals surface area contributed by atoms with E-state index >= 15 is 0 Å². The molecule has 12 heavy (non-hydrogen) atoms. The summed E-state index contributed by atoms with van der Waals surface area (Å²) in [6, 6.07) is 0. The maximum Gasteiger partial charge on any atom is 0.0897 e. The van der Waals surface area contributed by atoms with Gasteiger partial charge in [-0.15, -0.1) is 11.3 Å². The zero-order chi connectivity index (χ0) is 8.97. The Balaban J connectivity index is 2.24. The van der Waals surface area contributed by atoms with Crippen LogP contribution in [0.1, 0.15) is 30.5 Å². The normalized spacial score (nSPS) is 13.2. The number of nitrogens with zero attached hydrogens (tertiary/aromatic N) is 1. The van der Waals surface area contributed by atoms with Crippen molar-refractivity contribution in [3.8, 4) is 0 Å². The topological polar surface area (TPSA) is 33.1 Å². The van der Waals surface area contributed by atoms with Gasteiger partial charge < -0.3 is 5.11 Å². The Hall–Kier alpha value is -0.410. The van der Waals surface area contributed by atoms with Crippen molar-refractivity contribution >= 4 is 11.3 Å². The first kappa shape index (κ1) is 9.68. The fourth-order valence-electron chi connectivity index (χ4n) is 1.10. The van der Waals surface area contributed by atoms with Gasteiger partial charge in [-0.25, -0.2) is 4.98 Å². The highest BCUT2D eigenvalue weighted by Crippen LogP contribution is 2.11. The molecule has 0 bridgehead atoms. The van der Waals surface area contributed by atoms with E-state index in [0.29, 0.717) is 0 Å². The predicted octanol–water partition coefficient (Wildman–Crippen LogP) is 2.16. The van der Waals surface area contributed by atoms with E-state index in [2.05, 4.69) is 10.4 Å². The van der Waals surface area contributed by atoms with Gasteiger partial charge in [-0.1, -0.05) is 0 Å². The van der Waals surface area contributed by atoms with E-state index in [1.165, 1.54) is 0 Å². The predicted molar refractivity (Wildman–Crippen MR) is 51.5 cm³/mol. The Morgan fingerprint density at radius 2 is 2.42 bits per heavy atom. The van der Waals surface area contributed by atoms with Gasteiger partial charge in [0.15, 0.2) is 0 Å². The van der Waals surface area contributed by atoms with Crippen LogP contribution in [0.3, 0.4) is 0 Å². The van der Waals surface area contributed by atoms with Crippen LogP contribution >= 0.6 is 11.3 Å². The number of rotatable bonds is 4. The summed E-state index contributed by atoms with van der Waals surface area (Å²) in [5.74, 6) is 0. The molecular weight excluding hydrogens is 170 g/mol. The van der Waals surface area contributed by atoms with E-state index in [1.54, 1.807) is 11.3 Å². The Labute approximate surface area is 77.3 Å². The lowest BCUT2D eigenvalue weighted by Gasteiger charge is -2.00. The van der Waals surface area contributed by atoms with Crippen LogP contribution in [-0.2, 0) is 6.42 Å². The first-order valence-electron chi connectivity index (χ1n) is 4.27. The summed E-state index contributed by atoms with van der Waals surface area (Å²) in [4.78, 5) is 4.34. The van der Waals surface area contributed by atoms with Crippen LogP contribution in [0.5, 0.6) is 0 Å². The molecule has 0 fully saturated rings. The molecule has 1 atom stereocenters. The fourth-order valence-corrected chi connectivity index (χ4v) is 1.75. The Kier molecular flexibility index (Phi) is 3.69. The van der Waals surface area contributed by atoms with Crippen molar-refractivity contribution in [2.24, 2.45) is 0 Å². The molecule has 0 aliphatic heterocycles. The van der Waals surface area contributed by atoms with E-state index in [0.717, 1.165) is 30.0 Å². The van der Waals surface area contributed by atoms with Crippen LogP contribution in [0.25, 0.3) is 0 Å². The molecule has 3 heteroatoms. The van der Waals surface area contributed by atoms with E-state index in [1.807, 2.05) is 13.8 Å². The van der Waals surface area contributed by atoms with Crippen LogP contribution in [0, 0.1) is 6.92 Å². The van der Waals surface area contributed by atoms with Crippen molar-refractivity contribution < 1.29 is 5.11 Å². The van der Waals surface area contributed by atoms with Gasteiger partial charge in [0.2, 0.25) is 0 Å². The van der Waals surface area contributed by atoms with E-state index in [-0.39, 0.29) is 6.10 Å². The molecule has 0 saturated carbocycles. The van der Waals surface area contributed by atoms with Gasteiger partial charge in [-0.05, 0) is 33.1 Å². The molecule has 0 saturated heterocycles. The molecular formula is C9H15NOS. The van der Waals surface area contributed by atoms with Crippen LogP contribution in [-0.4, -0.2) is 16.2 Å². The quantitative estimate of drug-likeness (QED) is 0.779. The summed E-state index contributed by atoms with van der Waals surface area (Å²) in [6.07, 6.45) is 2.72. The summed E-state index contributed by atoms with van der Waals surface area (Å²) in [6.45, 7) is 3.84. The Morgan fingerprint density at radius 1 is 1.67 bits per heavy atom. The largest absolute Gasteiger partial charge is 0.393 e. The third kappa shape index (κ3) is 3.32. The monoisotopic (exact) mass is 185 g/mol. The second-order valence-electron chi connectivity index (χ2n) is 3.10. The molecule has 1 rings (SSSR count). The molecule has 0 spiro atoms. The maximum atomic E-state index is 9.02. The second-order valence-corrected chi connectivity index (χ2v) is 4.16. The van der Waals surface area contributed by atoms with Crippen LogP contribution in [0.15, 0.2) is 5.38 Å². The minimum absolute atomic E-state index is 0.176. The van der Waals surface area contributed by atoms with Gasteiger partial charge in [-0.2, -0.15) is 0 Å². The number of thiazole rings is 1. The molecule has 2 nitrogen and oxygen atoms in total. The number of aliphatic hydroxyl groups is 1. The highest BCUT2D eigenvalue weighted by Gasteiger charge is 1.99. The van der Waals surface area contributed by atoms with Gasteiger partial charge >= 0.3 is 0 Å². The van der Waals surface area contributed by atoms with Crippen LogP contribution in [0.2, 0.25) is 0 Å². The fraction of sp³-hybridized carbons (Fsp3) is 0.667. The Morgan fingerprint density at radius 3 is 2.92 bits per heavy atom. The van der Waals surface area contributed by atoms with Crippen molar-refractivity contribution in [3.05, 3.63) is 16.1 Å². The number of hydrogen-bond donors (Lipinski definition) is 1. The minimum Gasteiger partial charge on any atom is -0.393 e. The third-order valence-electron chi connectivity index (χ3n) is 1.72. The van der Waals surface area contributed by atoms with Crippen molar-refractivity contribution in [1.82, 2.24) is 4.98 Å². The van der Waals surface area contributed by atoms with E-state index in [4.69, 9.17) is 5.11 Å². The van der Waals surface area contributed by atoms with Gasteiger partial charge in [0.05, 0.1) is 16.8 Å². The SMILES string of the molecule is Cc1nc(CCCC(C)O)cs1. The number of aromatic nitrogens is 1. The number of aryl methyl sites for hydroxylation is 2. The Bertz CT molecular complexity index is 232. The second kappa shape index (κ2) is 4.58.